The van der Waals surface area contributed by atoms with Gasteiger partial charge in [-0.2, -0.15) is 9.49 Å². The number of nitrogens with zero attached hydrogens (tertiary/aromatic N) is 4. The Morgan fingerprint density at radius 2 is 2.13 bits per heavy atom. The predicted octanol–water partition coefficient (Wildman–Crippen LogP) is 3.50. The number of amides is 1. The van der Waals surface area contributed by atoms with E-state index in [0.717, 1.165) is 22.6 Å². The van der Waals surface area contributed by atoms with Crippen LogP contribution >= 0.6 is 27.3 Å². The lowest BCUT2D eigenvalue weighted by molar-refractivity contribution is 0.0789. The number of rotatable bonds is 4. The van der Waals surface area contributed by atoms with E-state index in [1.165, 1.54) is 12.4 Å². The zero-order valence-corrected chi connectivity index (χ0v) is 14.5. The minimum Gasteiger partial charge on any atom is -0.337 e. The first-order chi connectivity index (χ1) is 11.0. The second-order valence-corrected chi connectivity index (χ2v) is 6.75. The molecule has 0 N–H and O–H groups in total. The van der Waals surface area contributed by atoms with Crippen LogP contribution in [0, 0.1) is 5.13 Å². The molecule has 0 bridgehead atoms. The Balaban J connectivity index is 1.71. The van der Waals surface area contributed by atoms with Crippen molar-refractivity contribution in [2.24, 2.45) is 0 Å². The van der Waals surface area contributed by atoms with Gasteiger partial charge in [0, 0.05) is 24.1 Å². The molecule has 2 aromatic heterocycles. The lowest BCUT2D eigenvalue weighted by Crippen LogP contribution is -2.25. The minimum absolute atomic E-state index is 0.217. The van der Waals surface area contributed by atoms with Crippen LogP contribution in [-0.2, 0) is 6.54 Å². The van der Waals surface area contributed by atoms with Crippen molar-refractivity contribution < 1.29 is 9.18 Å². The summed E-state index contributed by atoms with van der Waals surface area (Å²) in [6, 6.07) is 8.96. The number of aromatic nitrogens is 3. The van der Waals surface area contributed by atoms with Crippen LogP contribution < -0.4 is 0 Å². The molecule has 0 aliphatic carbocycles. The summed E-state index contributed by atoms with van der Waals surface area (Å²) in [6.45, 7) is 0.433. The smallest absolute Gasteiger partial charge is 0.265 e. The second-order valence-electron chi connectivity index (χ2n) is 4.90. The number of halogens is 2. The maximum absolute atomic E-state index is 13.2. The van der Waals surface area contributed by atoms with Gasteiger partial charge in [-0.25, -0.2) is 9.67 Å². The topological polar surface area (TPSA) is 51.0 Å². The monoisotopic (exact) mass is 394 g/mol. The molecule has 0 atom stereocenters. The van der Waals surface area contributed by atoms with Crippen LogP contribution in [0.25, 0.3) is 5.69 Å². The molecule has 23 heavy (non-hydrogen) atoms. The van der Waals surface area contributed by atoms with Gasteiger partial charge in [-0.3, -0.25) is 4.79 Å². The first kappa shape index (κ1) is 15.8. The Labute approximate surface area is 144 Å². The molecule has 118 valence electrons. The lowest BCUT2D eigenvalue weighted by atomic mass is 10.2. The highest BCUT2D eigenvalue weighted by Crippen LogP contribution is 2.27. The predicted molar refractivity (Wildman–Crippen MR) is 89.1 cm³/mol. The van der Waals surface area contributed by atoms with Crippen molar-refractivity contribution in [2.45, 2.75) is 6.54 Å². The number of thiophene rings is 1. The van der Waals surface area contributed by atoms with Gasteiger partial charge in [0.15, 0.2) is 5.13 Å². The molecule has 0 aliphatic heterocycles. The molecule has 0 unspecified atom stereocenters. The number of hydrogen-bond acceptors (Lipinski definition) is 4. The second kappa shape index (κ2) is 6.59. The van der Waals surface area contributed by atoms with Crippen molar-refractivity contribution >= 4 is 33.2 Å². The number of carbonyl (C=O) groups is 1. The van der Waals surface area contributed by atoms with E-state index in [4.69, 9.17) is 0 Å². The Morgan fingerprint density at radius 1 is 1.39 bits per heavy atom. The highest BCUT2D eigenvalue weighted by molar-refractivity contribution is 9.10. The summed E-state index contributed by atoms with van der Waals surface area (Å²) in [5, 5.41) is 3.68. The maximum atomic E-state index is 13.2. The minimum atomic E-state index is -0.384. The summed E-state index contributed by atoms with van der Waals surface area (Å²) < 4.78 is 15.4. The molecule has 0 aliphatic rings. The largest absolute Gasteiger partial charge is 0.337 e. The molecule has 1 amide bonds. The summed E-state index contributed by atoms with van der Waals surface area (Å²) >= 11 is 4.05. The summed E-state index contributed by atoms with van der Waals surface area (Å²) in [7, 11) is 1.69. The van der Waals surface area contributed by atoms with Crippen molar-refractivity contribution in [1.82, 2.24) is 19.7 Å². The molecule has 3 aromatic rings. The van der Waals surface area contributed by atoms with E-state index in [9.17, 15) is 9.18 Å². The van der Waals surface area contributed by atoms with E-state index in [1.54, 1.807) is 23.0 Å². The number of carbonyl (C=O) groups excluding carboxylic acids is 1. The third kappa shape index (κ3) is 3.48. The zero-order valence-electron chi connectivity index (χ0n) is 12.1. The van der Waals surface area contributed by atoms with Gasteiger partial charge >= 0.3 is 0 Å². The highest BCUT2D eigenvalue weighted by atomic mass is 79.9. The molecule has 0 spiro atoms. The SMILES string of the molecule is CN(Cc1ccc(-n2cncn2)cc1)C(=O)c1sc(F)cc1Br. The highest BCUT2D eigenvalue weighted by Gasteiger charge is 2.18. The first-order valence-corrected chi connectivity index (χ1v) is 8.30. The fourth-order valence-electron chi connectivity index (χ4n) is 2.10. The Hall–Kier alpha value is -2.06. The Kier molecular flexibility index (Phi) is 4.53. The van der Waals surface area contributed by atoms with Gasteiger partial charge in [0.2, 0.25) is 0 Å². The van der Waals surface area contributed by atoms with Gasteiger partial charge in [0.25, 0.3) is 5.91 Å². The van der Waals surface area contributed by atoms with Crippen molar-refractivity contribution in [2.75, 3.05) is 7.05 Å². The molecular formula is C15H12BrFN4OS. The molecule has 1 aromatic carbocycles. The number of benzene rings is 1. The Bertz CT molecular complexity index is 817. The maximum Gasteiger partial charge on any atom is 0.265 e. The molecule has 2 heterocycles. The lowest BCUT2D eigenvalue weighted by Gasteiger charge is -2.17. The van der Waals surface area contributed by atoms with E-state index < -0.39 is 0 Å². The molecule has 5 nitrogen and oxygen atoms in total. The fourth-order valence-corrected chi connectivity index (χ4v) is 3.64. The molecule has 0 saturated heterocycles. The van der Waals surface area contributed by atoms with Crippen molar-refractivity contribution in [1.29, 1.82) is 0 Å². The quantitative estimate of drug-likeness (QED) is 0.680. The van der Waals surface area contributed by atoms with Crippen LogP contribution in [0.15, 0.2) is 47.5 Å². The summed E-state index contributed by atoms with van der Waals surface area (Å²) in [5.41, 5.74) is 1.86. The van der Waals surface area contributed by atoms with E-state index in [2.05, 4.69) is 26.0 Å². The normalized spacial score (nSPS) is 10.7. The summed E-state index contributed by atoms with van der Waals surface area (Å²) in [5.74, 6) is -0.217. The van der Waals surface area contributed by atoms with Crippen LogP contribution in [0.1, 0.15) is 15.2 Å². The fraction of sp³-hybridized carbons (Fsp3) is 0.133. The molecule has 0 radical (unpaired) electrons. The third-order valence-corrected chi connectivity index (χ3v) is 5.04. The number of hydrogen-bond donors (Lipinski definition) is 0. The summed E-state index contributed by atoms with van der Waals surface area (Å²) in [4.78, 5) is 18.2. The van der Waals surface area contributed by atoms with Crippen LogP contribution in [-0.4, -0.2) is 32.6 Å². The van der Waals surface area contributed by atoms with Crippen LogP contribution in [0.3, 0.4) is 0 Å². The average Bonchev–Trinajstić information content (AvgIpc) is 3.17. The molecular weight excluding hydrogens is 383 g/mol. The van der Waals surface area contributed by atoms with E-state index in [-0.39, 0.29) is 11.0 Å². The first-order valence-electron chi connectivity index (χ1n) is 6.69. The van der Waals surface area contributed by atoms with E-state index in [0.29, 0.717) is 15.9 Å². The molecule has 0 saturated carbocycles. The van der Waals surface area contributed by atoms with Crippen molar-refractivity contribution in [3.05, 3.63) is 63.0 Å². The summed E-state index contributed by atoms with van der Waals surface area (Å²) in [6.07, 6.45) is 3.09. The van der Waals surface area contributed by atoms with Gasteiger partial charge < -0.3 is 4.90 Å². The van der Waals surface area contributed by atoms with Gasteiger partial charge in [0.1, 0.15) is 17.5 Å². The average molecular weight is 395 g/mol. The van der Waals surface area contributed by atoms with E-state index >= 15 is 0 Å². The molecule has 0 fully saturated rings. The van der Waals surface area contributed by atoms with Gasteiger partial charge in [0.05, 0.1) is 5.69 Å². The zero-order chi connectivity index (χ0) is 16.4. The van der Waals surface area contributed by atoms with Crippen LogP contribution in [0.4, 0.5) is 4.39 Å². The van der Waals surface area contributed by atoms with Gasteiger partial charge in [-0.05, 0) is 33.6 Å². The Morgan fingerprint density at radius 3 is 2.70 bits per heavy atom. The standard InChI is InChI=1S/C15H12BrFN4OS/c1-20(15(22)14-12(16)6-13(17)23-14)7-10-2-4-11(5-3-10)21-9-18-8-19-21/h2-6,8-9H,7H2,1H3. The van der Waals surface area contributed by atoms with E-state index in [1.807, 2.05) is 24.3 Å². The van der Waals surface area contributed by atoms with Crippen LogP contribution in [0.2, 0.25) is 0 Å². The third-order valence-electron chi connectivity index (χ3n) is 3.24. The van der Waals surface area contributed by atoms with Crippen molar-refractivity contribution in [3.63, 3.8) is 0 Å². The van der Waals surface area contributed by atoms with Gasteiger partial charge in [-0.1, -0.05) is 23.5 Å². The van der Waals surface area contributed by atoms with Gasteiger partial charge in [-0.15, -0.1) is 0 Å². The molecule has 3 rings (SSSR count). The van der Waals surface area contributed by atoms with Crippen LogP contribution in [0.5, 0.6) is 0 Å². The molecule has 8 heteroatoms. The van der Waals surface area contributed by atoms with Crippen molar-refractivity contribution in [3.8, 4) is 5.69 Å².